The van der Waals surface area contributed by atoms with E-state index < -0.39 is 17.7 Å². The second-order valence-electron chi connectivity index (χ2n) is 5.62. The van der Waals surface area contributed by atoms with Crippen molar-refractivity contribution in [2.24, 2.45) is 0 Å². The third-order valence-electron chi connectivity index (χ3n) is 2.47. The Morgan fingerprint density at radius 3 is 2.73 bits per heavy atom. The molecule has 1 amide bonds. The van der Waals surface area contributed by atoms with Crippen LogP contribution in [0.15, 0.2) is 18.3 Å². The second-order valence-corrected chi connectivity index (χ2v) is 5.62. The van der Waals surface area contributed by atoms with Gasteiger partial charge in [-0.15, -0.1) is 0 Å². The minimum Gasteiger partial charge on any atom is -0.478 e. The van der Waals surface area contributed by atoms with E-state index in [0.717, 1.165) is 0 Å². The summed E-state index contributed by atoms with van der Waals surface area (Å²) < 4.78 is 5.09. The van der Waals surface area contributed by atoms with Crippen LogP contribution in [0, 0.1) is 0 Å². The number of carboxylic acids is 1. The number of carbonyl (C=O) groups excluding carboxylic acids is 1. The number of anilines is 1. The van der Waals surface area contributed by atoms with Gasteiger partial charge in [-0.25, -0.2) is 14.6 Å². The zero-order valence-electron chi connectivity index (χ0n) is 12.9. The number of hydrogen-bond donors (Lipinski definition) is 3. The minimum atomic E-state index is -1.06. The fraction of sp³-hybridized carbons (Fsp3) is 0.400. The van der Waals surface area contributed by atoms with Crippen molar-refractivity contribution in [2.75, 3.05) is 12.3 Å². The zero-order chi connectivity index (χ0) is 16.8. The van der Waals surface area contributed by atoms with Crippen molar-refractivity contribution in [3.8, 4) is 0 Å². The summed E-state index contributed by atoms with van der Waals surface area (Å²) in [6.07, 6.45) is 4.73. The average molecular weight is 307 g/mol. The van der Waals surface area contributed by atoms with Gasteiger partial charge < -0.3 is 20.9 Å². The smallest absolute Gasteiger partial charge is 0.407 e. The number of aromatic nitrogens is 1. The highest BCUT2D eigenvalue weighted by atomic mass is 16.6. The molecule has 22 heavy (non-hydrogen) atoms. The van der Waals surface area contributed by atoms with Gasteiger partial charge in [0, 0.05) is 18.3 Å². The molecule has 1 rings (SSSR count). The first-order chi connectivity index (χ1) is 10.2. The highest BCUT2D eigenvalue weighted by Crippen LogP contribution is 2.13. The number of hydrogen-bond acceptors (Lipinski definition) is 5. The Hall–Kier alpha value is -2.57. The summed E-state index contributed by atoms with van der Waals surface area (Å²) in [6.45, 7) is 5.77. The molecule has 0 saturated heterocycles. The molecule has 0 bridgehead atoms. The van der Waals surface area contributed by atoms with E-state index in [0.29, 0.717) is 18.5 Å². The molecule has 1 heterocycles. The largest absolute Gasteiger partial charge is 0.478 e. The summed E-state index contributed by atoms with van der Waals surface area (Å²) in [7, 11) is 0. The van der Waals surface area contributed by atoms with E-state index in [2.05, 4.69) is 10.3 Å². The number of nitrogens with two attached hydrogens (primary N) is 1. The summed E-state index contributed by atoms with van der Waals surface area (Å²) in [5, 5.41) is 11.5. The summed E-state index contributed by atoms with van der Waals surface area (Å²) in [4.78, 5) is 26.1. The maximum atomic E-state index is 11.4. The number of rotatable bonds is 5. The van der Waals surface area contributed by atoms with Gasteiger partial charge in [0.2, 0.25) is 0 Å². The summed E-state index contributed by atoms with van der Waals surface area (Å²) in [6, 6.07) is 1.45. The molecule has 0 aliphatic carbocycles. The van der Waals surface area contributed by atoms with Gasteiger partial charge in [0.05, 0.1) is 5.56 Å². The van der Waals surface area contributed by atoms with Gasteiger partial charge in [-0.1, -0.05) is 12.2 Å². The van der Waals surface area contributed by atoms with Gasteiger partial charge in [0.15, 0.2) is 0 Å². The zero-order valence-corrected chi connectivity index (χ0v) is 12.9. The van der Waals surface area contributed by atoms with Crippen LogP contribution in [-0.4, -0.2) is 34.3 Å². The van der Waals surface area contributed by atoms with E-state index in [1.807, 2.05) is 0 Å². The van der Waals surface area contributed by atoms with Crippen molar-refractivity contribution in [1.29, 1.82) is 0 Å². The maximum Gasteiger partial charge on any atom is 0.407 e. The van der Waals surface area contributed by atoms with Crippen LogP contribution in [0.2, 0.25) is 0 Å². The number of nitrogens with zero attached hydrogens (tertiary/aromatic N) is 1. The molecular weight excluding hydrogens is 286 g/mol. The molecule has 0 aromatic carbocycles. The predicted molar refractivity (Wildman–Crippen MR) is 83.5 cm³/mol. The number of carboxylic acid groups (broad SMARTS) is 1. The lowest BCUT2D eigenvalue weighted by Crippen LogP contribution is -2.32. The SMILES string of the molecule is CC(C)(C)OC(=O)NCCC=Cc1cc(C(=O)O)cnc1N. The van der Waals surface area contributed by atoms with Gasteiger partial charge in [0.1, 0.15) is 11.4 Å². The monoisotopic (exact) mass is 307 g/mol. The lowest BCUT2D eigenvalue weighted by Gasteiger charge is -2.19. The van der Waals surface area contributed by atoms with Crippen molar-refractivity contribution in [3.63, 3.8) is 0 Å². The first-order valence-corrected chi connectivity index (χ1v) is 6.81. The van der Waals surface area contributed by atoms with E-state index in [4.69, 9.17) is 15.6 Å². The number of nitrogens with one attached hydrogen (secondary N) is 1. The molecular formula is C15H21N3O4. The van der Waals surface area contributed by atoms with Gasteiger partial charge in [0.25, 0.3) is 0 Å². The summed E-state index contributed by atoms with van der Waals surface area (Å²) in [5.41, 5.74) is 5.74. The molecule has 1 aromatic heterocycles. The Kier molecular flexibility index (Phi) is 5.91. The fourth-order valence-corrected chi connectivity index (χ4v) is 1.52. The van der Waals surface area contributed by atoms with Crippen LogP contribution in [0.1, 0.15) is 43.1 Å². The maximum absolute atomic E-state index is 11.4. The molecule has 0 atom stereocenters. The molecule has 7 nitrogen and oxygen atoms in total. The van der Waals surface area contributed by atoms with E-state index in [-0.39, 0.29) is 11.4 Å². The van der Waals surface area contributed by atoms with Crippen LogP contribution in [0.3, 0.4) is 0 Å². The molecule has 0 aliphatic rings. The van der Waals surface area contributed by atoms with Crippen molar-refractivity contribution in [2.45, 2.75) is 32.8 Å². The molecule has 4 N–H and O–H groups in total. The highest BCUT2D eigenvalue weighted by molar-refractivity contribution is 5.88. The van der Waals surface area contributed by atoms with Crippen molar-refractivity contribution < 1.29 is 19.4 Å². The van der Waals surface area contributed by atoms with E-state index in [9.17, 15) is 9.59 Å². The summed E-state index contributed by atoms with van der Waals surface area (Å²) >= 11 is 0. The van der Waals surface area contributed by atoms with Crippen LogP contribution in [-0.2, 0) is 4.74 Å². The Morgan fingerprint density at radius 2 is 2.14 bits per heavy atom. The lowest BCUT2D eigenvalue weighted by molar-refractivity contribution is 0.0528. The molecule has 0 fully saturated rings. The first kappa shape index (κ1) is 17.5. The molecule has 0 unspecified atom stereocenters. The van der Waals surface area contributed by atoms with Crippen molar-refractivity contribution in [3.05, 3.63) is 29.5 Å². The minimum absolute atomic E-state index is 0.0701. The topological polar surface area (TPSA) is 115 Å². The third kappa shape index (κ3) is 6.25. The highest BCUT2D eigenvalue weighted by Gasteiger charge is 2.15. The third-order valence-corrected chi connectivity index (χ3v) is 2.47. The number of nitrogen functional groups attached to an aromatic ring is 1. The van der Waals surface area contributed by atoms with E-state index >= 15 is 0 Å². The summed E-state index contributed by atoms with van der Waals surface area (Å²) in [5.74, 6) is -0.810. The van der Waals surface area contributed by atoms with Gasteiger partial charge in [-0.3, -0.25) is 0 Å². The number of amides is 1. The number of pyridine rings is 1. The van der Waals surface area contributed by atoms with Crippen LogP contribution < -0.4 is 11.1 Å². The van der Waals surface area contributed by atoms with Gasteiger partial charge in [-0.2, -0.15) is 0 Å². The molecule has 120 valence electrons. The number of carbonyl (C=O) groups is 2. The number of alkyl carbamates (subject to hydrolysis) is 1. The second kappa shape index (κ2) is 7.44. The normalized spacial score (nSPS) is 11.4. The molecule has 0 spiro atoms. The predicted octanol–water partition coefficient (Wildman–Crippen LogP) is 2.29. The lowest BCUT2D eigenvalue weighted by atomic mass is 10.1. The molecule has 0 saturated carbocycles. The van der Waals surface area contributed by atoms with Crippen LogP contribution in [0.25, 0.3) is 6.08 Å². The Morgan fingerprint density at radius 1 is 1.45 bits per heavy atom. The number of aromatic carboxylic acids is 1. The molecule has 0 aliphatic heterocycles. The van der Waals surface area contributed by atoms with Crippen molar-refractivity contribution in [1.82, 2.24) is 10.3 Å². The molecule has 1 aromatic rings. The quantitative estimate of drug-likeness (QED) is 0.719. The number of ether oxygens (including phenoxy) is 1. The first-order valence-electron chi connectivity index (χ1n) is 6.81. The molecule has 7 heteroatoms. The van der Waals surface area contributed by atoms with Crippen LogP contribution >= 0.6 is 0 Å². The van der Waals surface area contributed by atoms with Crippen LogP contribution in [0.4, 0.5) is 10.6 Å². The standard InChI is InChI=1S/C15H21N3O4/c1-15(2,3)22-14(21)17-7-5-4-6-10-8-11(13(19)20)9-18-12(10)16/h4,6,8-9H,5,7H2,1-3H3,(H2,16,18)(H,17,21)(H,19,20). The average Bonchev–Trinajstić information content (AvgIpc) is 2.37. The Balaban J connectivity index is 2.48. The Labute approximate surface area is 129 Å². The van der Waals surface area contributed by atoms with Crippen molar-refractivity contribution >= 4 is 24.0 Å². The van der Waals surface area contributed by atoms with E-state index in [1.54, 1.807) is 32.9 Å². The molecule has 0 radical (unpaired) electrons. The Bertz CT molecular complexity index is 577. The fourth-order valence-electron chi connectivity index (χ4n) is 1.52. The van der Waals surface area contributed by atoms with Gasteiger partial charge >= 0.3 is 12.1 Å². The van der Waals surface area contributed by atoms with Crippen LogP contribution in [0.5, 0.6) is 0 Å². The van der Waals surface area contributed by atoms with E-state index in [1.165, 1.54) is 12.3 Å². The van der Waals surface area contributed by atoms with Gasteiger partial charge in [-0.05, 0) is 33.3 Å².